The van der Waals surface area contributed by atoms with E-state index in [1.807, 2.05) is 0 Å². The van der Waals surface area contributed by atoms with Crippen molar-refractivity contribution in [3.63, 3.8) is 0 Å². The highest BCUT2D eigenvalue weighted by molar-refractivity contribution is 7.14. The van der Waals surface area contributed by atoms with Crippen LogP contribution in [0.5, 0.6) is 11.5 Å². The first kappa shape index (κ1) is 18.9. The van der Waals surface area contributed by atoms with Crippen LogP contribution in [-0.2, 0) is 22.6 Å². The molecular formula is C18H19FO5S. The number of thiophene rings is 1. The van der Waals surface area contributed by atoms with Crippen molar-refractivity contribution in [1.29, 1.82) is 0 Å². The fraction of sp³-hybridized carbons (Fsp3) is 0.333. The lowest BCUT2D eigenvalue weighted by Crippen LogP contribution is -2.06. The Hall–Kier alpha value is -2.41. The van der Waals surface area contributed by atoms with Gasteiger partial charge in [-0.05, 0) is 31.0 Å². The van der Waals surface area contributed by atoms with Crippen molar-refractivity contribution >= 4 is 23.6 Å². The number of aldehydes is 1. The number of esters is 1. The maximum Gasteiger partial charge on any atom is 0.306 e. The standard InChI is InChI=1S/C18H19FO5S/c1-3-23-18(21)7-5-12-4-6-13(8-15(12)19)24-11-14-9-16(22-2)17(10-20)25-14/h4,6,8-10H,3,5,7,11H2,1-2H3. The molecule has 0 N–H and O–H groups in total. The Morgan fingerprint density at radius 2 is 2.12 bits per heavy atom. The number of rotatable bonds is 9. The van der Waals surface area contributed by atoms with Crippen LogP contribution in [0.2, 0.25) is 0 Å². The molecule has 0 aliphatic rings. The number of carbonyl (C=O) groups is 2. The molecule has 0 saturated carbocycles. The summed E-state index contributed by atoms with van der Waals surface area (Å²) < 4.78 is 29.6. The fourth-order valence-electron chi connectivity index (χ4n) is 2.20. The van der Waals surface area contributed by atoms with Gasteiger partial charge in [-0.3, -0.25) is 9.59 Å². The van der Waals surface area contributed by atoms with E-state index in [9.17, 15) is 14.0 Å². The van der Waals surface area contributed by atoms with Crippen molar-refractivity contribution in [2.24, 2.45) is 0 Å². The van der Waals surface area contributed by atoms with Crippen molar-refractivity contribution in [1.82, 2.24) is 0 Å². The Balaban J connectivity index is 1.95. The van der Waals surface area contributed by atoms with Crippen molar-refractivity contribution in [2.45, 2.75) is 26.4 Å². The normalized spacial score (nSPS) is 10.4. The third kappa shape index (κ3) is 5.29. The van der Waals surface area contributed by atoms with E-state index in [-0.39, 0.29) is 25.4 Å². The molecular weight excluding hydrogens is 347 g/mol. The fourth-order valence-corrected chi connectivity index (χ4v) is 3.05. The molecule has 1 aromatic carbocycles. The van der Waals surface area contributed by atoms with Gasteiger partial charge in [-0.25, -0.2) is 4.39 Å². The Morgan fingerprint density at radius 3 is 2.72 bits per heavy atom. The van der Waals surface area contributed by atoms with E-state index in [4.69, 9.17) is 14.2 Å². The summed E-state index contributed by atoms with van der Waals surface area (Å²) in [5.41, 5.74) is 0.432. The van der Waals surface area contributed by atoms with Crippen molar-refractivity contribution in [3.05, 3.63) is 45.4 Å². The third-order valence-electron chi connectivity index (χ3n) is 3.41. The number of carbonyl (C=O) groups excluding carboxylic acids is 2. The molecule has 25 heavy (non-hydrogen) atoms. The quantitative estimate of drug-likeness (QED) is 0.499. The molecule has 0 aliphatic carbocycles. The first-order chi connectivity index (χ1) is 12.1. The monoisotopic (exact) mass is 366 g/mol. The molecule has 2 aromatic rings. The second-order valence-electron chi connectivity index (χ2n) is 5.11. The van der Waals surface area contributed by atoms with E-state index in [1.54, 1.807) is 25.1 Å². The largest absolute Gasteiger partial charge is 0.495 e. The number of hydrogen-bond donors (Lipinski definition) is 0. The zero-order valence-electron chi connectivity index (χ0n) is 14.0. The molecule has 5 nitrogen and oxygen atoms in total. The van der Waals surface area contributed by atoms with E-state index in [0.29, 0.717) is 28.5 Å². The molecule has 0 bridgehead atoms. The lowest BCUT2D eigenvalue weighted by molar-refractivity contribution is -0.143. The Labute approximate surface area is 149 Å². The van der Waals surface area contributed by atoms with E-state index in [1.165, 1.54) is 24.5 Å². The summed E-state index contributed by atoms with van der Waals surface area (Å²) in [5.74, 6) is 0.0930. The van der Waals surface area contributed by atoms with Gasteiger partial charge < -0.3 is 14.2 Å². The highest BCUT2D eigenvalue weighted by Gasteiger charge is 2.11. The van der Waals surface area contributed by atoms with Crippen LogP contribution >= 0.6 is 11.3 Å². The van der Waals surface area contributed by atoms with Gasteiger partial charge >= 0.3 is 5.97 Å². The Morgan fingerprint density at radius 1 is 1.32 bits per heavy atom. The SMILES string of the molecule is CCOC(=O)CCc1ccc(OCc2cc(OC)c(C=O)s2)cc1F. The van der Waals surface area contributed by atoms with E-state index < -0.39 is 5.82 Å². The molecule has 0 atom stereocenters. The van der Waals surface area contributed by atoms with Gasteiger partial charge in [0.25, 0.3) is 0 Å². The molecule has 0 amide bonds. The maximum absolute atomic E-state index is 14.1. The molecule has 0 fully saturated rings. The lowest BCUT2D eigenvalue weighted by atomic mass is 10.1. The Kier molecular flexibility index (Phi) is 6.94. The van der Waals surface area contributed by atoms with Gasteiger partial charge in [-0.1, -0.05) is 6.07 Å². The van der Waals surface area contributed by atoms with Crippen molar-refractivity contribution in [3.8, 4) is 11.5 Å². The van der Waals surface area contributed by atoms with Crippen molar-refractivity contribution < 1.29 is 28.2 Å². The van der Waals surface area contributed by atoms with Gasteiger partial charge in [0.1, 0.15) is 28.8 Å². The molecule has 1 aromatic heterocycles. The summed E-state index contributed by atoms with van der Waals surface area (Å²) in [6, 6.07) is 6.25. The molecule has 7 heteroatoms. The molecule has 0 aliphatic heterocycles. The first-order valence-electron chi connectivity index (χ1n) is 7.76. The minimum absolute atomic E-state index is 0.133. The van der Waals surface area contributed by atoms with Crippen LogP contribution in [0.15, 0.2) is 24.3 Å². The summed E-state index contributed by atoms with van der Waals surface area (Å²) in [5, 5.41) is 0. The molecule has 0 unspecified atom stereocenters. The molecule has 0 saturated heterocycles. The summed E-state index contributed by atoms with van der Waals surface area (Å²) in [7, 11) is 1.49. The van der Waals surface area contributed by atoms with E-state index in [2.05, 4.69) is 0 Å². The number of benzene rings is 1. The zero-order chi connectivity index (χ0) is 18.2. The van der Waals surface area contributed by atoms with Crippen LogP contribution in [-0.4, -0.2) is 26.0 Å². The maximum atomic E-state index is 14.1. The number of aryl methyl sites for hydroxylation is 1. The topological polar surface area (TPSA) is 61.8 Å². The predicted octanol–water partition coefficient (Wildman–Crippen LogP) is 3.78. The van der Waals surface area contributed by atoms with Gasteiger partial charge in [0, 0.05) is 17.4 Å². The minimum atomic E-state index is -0.431. The van der Waals surface area contributed by atoms with Gasteiger partial charge in [-0.15, -0.1) is 11.3 Å². The number of methoxy groups -OCH3 is 1. The molecule has 1 heterocycles. The Bertz CT molecular complexity index is 741. The average Bonchev–Trinajstić information content (AvgIpc) is 3.02. The van der Waals surface area contributed by atoms with Gasteiger partial charge in [0.2, 0.25) is 0 Å². The molecule has 2 rings (SSSR count). The number of hydrogen-bond acceptors (Lipinski definition) is 6. The predicted molar refractivity (Wildman–Crippen MR) is 91.9 cm³/mol. The van der Waals surface area contributed by atoms with Crippen LogP contribution < -0.4 is 9.47 Å². The number of ether oxygens (including phenoxy) is 3. The van der Waals surface area contributed by atoms with Gasteiger partial charge in [0.15, 0.2) is 6.29 Å². The van der Waals surface area contributed by atoms with Gasteiger partial charge in [-0.2, -0.15) is 0 Å². The highest BCUT2D eigenvalue weighted by Crippen LogP contribution is 2.29. The van der Waals surface area contributed by atoms with Crippen LogP contribution in [0.1, 0.15) is 33.5 Å². The second kappa shape index (κ2) is 9.17. The van der Waals surface area contributed by atoms with Crippen LogP contribution in [0, 0.1) is 5.82 Å². The summed E-state index contributed by atoms with van der Waals surface area (Å²) in [6.07, 6.45) is 1.13. The van der Waals surface area contributed by atoms with Gasteiger partial charge in [0.05, 0.1) is 13.7 Å². The summed E-state index contributed by atoms with van der Waals surface area (Å²) in [4.78, 5) is 23.5. The minimum Gasteiger partial charge on any atom is -0.495 e. The molecule has 134 valence electrons. The summed E-state index contributed by atoms with van der Waals surface area (Å²) >= 11 is 1.26. The van der Waals surface area contributed by atoms with Crippen LogP contribution in [0.4, 0.5) is 4.39 Å². The lowest BCUT2D eigenvalue weighted by Gasteiger charge is -2.08. The zero-order valence-corrected chi connectivity index (χ0v) is 14.9. The van der Waals surface area contributed by atoms with Crippen molar-refractivity contribution in [2.75, 3.05) is 13.7 Å². The molecule has 0 spiro atoms. The van der Waals surface area contributed by atoms with Crippen LogP contribution in [0.3, 0.4) is 0 Å². The smallest absolute Gasteiger partial charge is 0.306 e. The highest BCUT2D eigenvalue weighted by atomic mass is 32.1. The third-order valence-corrected chi connectivity index (χ3v) is 4.43. The molecule has 0 radical (unpaired) electrons. The average molecular weight is 366 g/mol. The van der Waals surface area contributed by atoms with Crippen LogP contribution in [0.25, 0.3) is 0 Å². The first-order valence-corrected chi connectivity index (χ1v) is 8.57. The second-order valence-corrected chi connectivity index (χ2v) is 6.28. The van der Waals surface area contributed by atoms with E-state index in [0.717, 1.165) is 11.2 Å². The summed E-state index contributed by atoms with van der Waals surface area (Å²) in [6.45, 7) is 2.25. The number of halogens is 1. The van der Waals surface area contributed by atoms with E-state index >= 15 is 0 Å².